The Morgan fingerprint density at radius 2 is 1.59 bits per heavy atom. The maximum Gasteiger partial charge on any atom is 0.343 e. The van der Waals surface area contributed by atoms with Crippen molar-refractivity contribution in [1.29, 1.82) is 0 Å². The Bertz CT molecular complexity index is 1490. The molecule has 0 bridgehead atoms. The Morgan fingerprint density at radius 3 is 2.22 bits per heavy atom. The van der Waals surface area contributed by atoms with Gasteiger partial charge in [0.1, 0.15) is 23.1 Å². The molecule has 186 valence electrons. The number of nitrogens with zero attached hydrogens (tertiary/aromatic N) is 1. The molecule has 0 heterocycles. The summed E-state index contributed by atoms with van der Waals surface area (Å²) in [6.07, 6.45) is 0. The number of methoxy groups -OCH3 is 1. The molecule has 4 aromatic rings. The summed E-state index contributed by atoms with van der Waals surface area (Å²) in [5.41, 5.74) is 0.396. The lowest BCUT2D eigenvalue weighted by Crippen LogP contribution is -2.16. The van der Waals surface area contributed by atoms with Crippen molar-refractivity contribution in [2.45, 2.75) is 0 Å². The number of amides is 1. The van der Waals surface area contributed by atoms with Crippen LogP contribution in [0.15, 0.2) is 84.9 Å². The summed E-state index contributed by atoms with van der Waals surface area (Å²) in [7, 11) is 1.50. The lowest BCUT2D eigenvalue weighted by molar-refractivity contribution is -0.384. The number of hydrogen-bond donors (Lipinski definition) is 1. The van der Waals surface area contributed by atoms with Crippen LogP contribution >= 0.6 is 0 Å². The number of nitro groups is 1. The van der Waals surface area contributed by atoms with Crippen LogP contribution in [0, 0.1) is 21.7 Å². The third-order valence-corrected chi connectivity index (χ3v) is 5.33. The van der Waals surface area contributed by atoms with Crippen LogP contribution in [0.3, 0.4) is 0 Å². The largest absolute Gasteiger partial charge is 0.497 e. The van der Waals surface area contributed by atoms with Crippen LogP contribution in [0.5, 0.6) is 11.5 Å². The SMILES string of the molecule is COc1ccc(NC(=O)c2cc(-c3ccc(F)cc3F)ccc2OC(=O)c2ccc([N+](=O)[O-])cc2)cc1. The molecular formula is C27H18F2N2O6. The van der Waals surface area contributed by atoms with Gasteiger partial charge in [0.15, 0.2) is 0 Å². The second-order valence-corrected chi connectivity index (χ2v) is 7.71. The summed E-state index contributed by atoms with van der Waals surface area (Å²) in [4.78, 5) is 36.1. The van der Waals surface area contributed by atoms with E-state index in [9.17, 15) is 28.5 Å². The van der Waals surface area contributed by atoms with Gasteiger partial charge >= 0.3 is 5.97 Å². The van der Waals surface area contributed by atoms with Gasteiger partial charge in [-0.3, -0.25) is 14.9 Å². The Kier molecular flexibility index (Phi) is 7.19. The van der Waals surface area contributed by atoms with Gasteiger partial charge in [-0.2, -0.15) is 0 Å². The molecule has 37 heavy (non-hydrogen) atoms. The molecule has 0 aliphatic carbocycles. The number of hydrogen-bond acceptors (Lipinski definition) is 6. The Labute approximate surface area is 209 Å². The second kappa shape index (κ2) is 10.6. The number of esters is 1. The zero-order valence-electron chi connectivity index (χ0n) is 19.2. The van der Waals surface area contributed by atoms with Crippen LogP contribution in [0.25, 0.3) is 11.1 Å². The molecule has 0 radical (unpaired) electrons. The number of non-ortho nitro benzene ring substituents is 1. The highest BCUT2D eigenvalue weighted by Crippen LogP contribution is 2.30. The molecule has 0 unspecified atom stereocenters. The molecule has 1 N–H and O–H groups in total. The number of nitro benzene ring substituents is 1. The smallest absolute Gasteiger partial charge is 0.343 e. The number of nitrogens with one attached hydrogen (secondary N) is 1. The van der Waals surface area contributed by atoms with Gasteiger partial charge in [-0.15, -0.1) is 0 Å². The van der Waals surface area contributed by atoms with E-state index in [0.29, 0.717) is 11.4 Å². The maximum atomic E-state index is 14.4. The van der Waals surface area contributed by atoms with Gasteiger partial charge in [0.25, 0.3) is 11.6 Å². The zero-order chi connectivity index (χ0) is 26.5. The summed E-state index contributed by atoms with van der Waals surface area (Å²) >= 11 is 0. The molecule has 4 aromatic carbocycles. The predicted octanol–water partition coefficient (Wildman–Crippen LogP) is 6.02. The highest BCUT2D eigenvalue weighted by Gasteiger charge is 2.20. The average molecular weight is 504 g/mol. The number of carbonyl (C=O) groups excluding carboxylic acids is 2. The molecule has 0 aliphatic heterocycles. The first kappa shape index (κ1) is 25.0. The fourth-order valence-corrected chi connectivity index (χ4v) is 3.44. The third-order valence-electron chi connectivity index (χ3n) is 5.33. The van der Waals surface area contributed by atoms with Crippen molar-refractivity contribution in [3.63, 3.8) is 0 Å². The van der Waals surface area contributed by atoms with Crippen molar-refractivity contribution in [1.82, 2.24) is 0 Å². The second-order valence-electron chi connectivity index (χ2n) is 7.71. The highest BCUT2D eigenvalue weighted by atomic mass is 19.1. The minimum Gasteiger partial charge on any atom is -0.497 e. The van der Waals surface area contributed by atoms with Crippen LogP contribution in [-0.2, 0) is 0 Å². The number of carbonyl (C=O) groups is 2. The van der Waals surface area contributed by atoms with E-state index < -0.39 is 28.4 Å². The number of rotatable bonds is 7. The standard InChI is InChI=1S/C27H18F2N2O6/c1-36-21-10-6-19(7-11-21)30-26(32)23-14-17(22-12-5-18(28)15-24(22)29)4-13-25(23)37-27(33)16-2-8-20(9-3-16)31(34)35/h2-15H,1H3,(H,30,32). The summed E-state index contributed by atoms with van der Waals surface area (Å²) in [6.45, 7) is 0. The van der Waals surface area contributed by atoms with Crippen molar-refractivity contribution in [3.8, 4) is 22.6 Å². The number of halogens is 2. The molecule has 0 saturated carbocycles. The lowest BCUT2D eigenvalue weighted by Gasteiger charge is -2.13. The number of ether oxygens (including phenoxy) is 2. The molecule has 0 saturated heterocycles. The number of anilines is 1. The van der Waals surface area contributed by atoms with Crippen LogP contribution < -0.4 is 14.8 Å². The van der Waals surface area contributed by atoms with Gasteiger partial charge in [0.2, 0.25) is 0 Å². The molecule has 0 aromatic heterocycles. The summed E-state index contributed by atoms with van der Waals surface area (Å²) in [5, 5.41) is 13.5. The number of benzene rings is 4. The lowest BCUT2D eigenvalue weighted by atomic mass is 10.0. The van der Waals surface area contributed by atoms with Gasteiger partial charge in [0, 0.05) is 29.4 Å². The maximum absolute atomic E-state index is 14.4. The van der Waals surface area contributed by atoms with E-state index in [0.717, 1.165) is 24.3 Å². The molecule has 0 spiro atoms. The van der Waals surface area contributed by atoms with Crippen LogP contribution in [0.2, 0.25) is 0 Å². The third kappa shape index (κ3) is 5.76. The monoisotopic (exact) mass is 504 g/mol. The van der Waals surface area contributed by atoms with E-state index >= 15 is 0 Å². The fraction of sp³-hybridized carbons (Fsp3) is 0.0370. The van der Waals surface area contributed by atoms with Crippen molar-refractivity contribution in [2.75, 3.05) is 12.4 Å². The Morgan fingerprint density at radius 1 is 0.892 bits per heavy atom. The Balaban J connectivity index is 1.69. The van der Waals surface area contributed by atoms with Gasteiger partial charge < -0.3 is 14.8 Å². The van der Waals surface area contributed by atoms with E-state index in [1.807, 2.05) is 0 Å². The zero-order valence-corrected chi connectivity index (χ0v) is 19.2. The van der Waals surface area contributed by atoms with Crippen molar-refractivity contribution in [3.05, 3.63) is 118 Å². The van der Waals surface area contributed by atoms with Gasteiger partial charge in [-0.1, -0.05) is 6.07 Å². The highest BCUT2D eigenvalue weighted by molar-refractivity contribution is 6.07. The molecule has 10 heteroatoms. The van der Waals surface area contributed by atoms with Crippen LogP contribution in [0.4, 0.5) is 20.2 Å². The van der Waals surface area contributed by atoms with E-state index in [4.69, 9.17) is 9.47 Å². The fourth-order valence-electron chi connectivity index (χ4n) is 3.44. The minimum atomic E-state index is -0.867. The first-order valence-electron chi connectivity index (χ1n) is 10.8. The quantitative estimate of drug-likeness (QED) is 0.143. The van der Waals surface area contributed by atoms with Crippen molar-refractivity contribution >= 4 is 23.3 Å². The topological polar surface area (TPSA) is 108 Å². The normalized spacial score (nSPS) is 10.5. The van der Waals surface area contributed by atoms with Crippen LogP contribution in [-0.4, -0.2) is 23.9 Å². The van der Waals surface area contributed by atoms with Gasteiger partial charge in [-0.05, 0) is 66.2 Å². The van der Waals surface area contributed by atoms with E-state index in [1.165, 1.54) is 43.5 Å². The van der Waals surface area contributed by atoms with E-state index in [2.05, 4.69) is 5.32 Å². The molecule has 0 fully saturated rings. The summed E-state index contributed by atoms with van der Waals surface area (Å²) < 4.78 is 38.3. The van der Waals surface area contributed by atoms with Gasteiger partial charge in [-0.25, -0.2) is 13.6 Å². The molecule has 0 aliphatic rings. The molecule has 4 rings (SSSR count). The van der Waals surface area contributed by atoms with E-state index in [1.54, 1.807) is 24.3 Å². The molecular weight excluding hydrogens is 486 g/mol. The average Bonchev–Trinajstić information content (AvgIpc) is 2.89. The van der Waals surface area contributed by atoms with Gasteiger partial charge in [0.05, 0.1) is 23.2 Å². The Hall–Kier alpha value is -5.12. The first-order chi connectivity index (χ1) is 17.7. The minimum absolute atomic E-state index is 0.0146. The molecule has 1 amide bonds. The first-order valence-corrected chi connectivity index (χ1v) is 10.8. The van der Waals surface area contributed by atoms with E-state index in [-0.39, 0.29) is 33.7 Å². The summed E-state index contributed by atoms with van der Waals surface area (Å²) in [5.74, 6) is -2.69. The van der Waals surface area contributed by atoms with Crippen molar-refractivity contribution in [2.24, 2.45) is 0 Å². The van der Waals surface area contributed by atoms with Crippen molar-refractivity contribution < 1.29 is 32.8 Å². The van der Waals surface area contributed by atoms with Crippen LogP contribution in [0.1, 0.15) is 20.7 Å². The molecule has 8 nitrogen and oxygen atoms in total. The predicted molar refractivity (Wildman–Crippen MR) is 131 cm³/mol. The summed E-state index contributed by atoms with van der Waals surface area (Å²) in [6, 6.07) is 18.3. The molecule has 0 atom stereocenters.